The van der Waals surface area contributed by atoms with Crippen LogP contribution in [-0.4, -0.2) is 35.8 Å². The lowest BCUT2D eigenvalue weighted by Crippen LogP contribution is -2.41. The third kappa shape index (κ3) is 4.24. The van der Waals surface area contributed by atoms with Gasteiger partial charge >= 0.3 is 0 Å². The van der Waals surface area contributed by atoms with Crippen LogP contribution in [0.3, 0.4) is 0 Å². The Hall–Kier alpha value is -2.29. The molecule has 1 atom stereocenters. The van der Waals surface area contributed by atoms with Gasteiger partial charge in [-0.2, -0.15) is 9.30 Å². The van der Waals surface area contributed by atoms with E-state index in [1.54, 1.807) is 16.4 Å². The lowest BCUT2D eigenvalue weighted by molar-refractivity contribution is 0.0997. The van der Waals surface area contributed by atoms with E-state index in [0.29, 0.717) is 23.5 Å². The number of fused-ring (bicyclic) bond motifs is 1. The van der Waals surface area contributed by atoms with Crippen molar-refractivity contribution in [2.75, 3.05) is 6.54 Å². The van der Waals surface area contributed by atoms with Crippen molar-refractivity contribution in [3.63, 3.8) is 0 Å². The van der Waals surface area contributed by atoms with Gasteiger partial charge in [0.25, 0.3) is 5.91 Å². The standard InChI is InChI=1S/C23H27N3O3S2/c1-4-25-20-13-8-16(2)15-21(20)30-23(25)24-22(27)18-9-11-19(12-10-18)31(28,29)26-14-6-5-7-17(26)3/h8-13,15,17H,4-7,14H2,1-3H3/t17-/m0/s1. The fourth-order valence-electron chi connectivity index (χ4n) is 4.06. The predicted octanol–water partition coefficient (Wildman–Crippen LogP) is 4.34. The van der Waals surface area contributed by atoms with Gasteiger partial charge < -0.3 is 4.57 Å². The molecule has 0 unspecified atom stereocenters. The molecule has 0 saturated carbocycles. The first kappa shape index (κ1) is 21.9. The number of amides is 1. The maximum atomic E-state index is 13.0. The Kier molecular flexibility index (Phi) is 6.14. The Morgan fingerprint density at radius 1 is 1.16 bits per heavy atom. The summed E-state index contributed by atoms with van der Waals surface area (Å²) < 4.78 is 30.7. The second-order valence-corrected chi connectivity index (χ2v) is 10.9. The largest absolute Gasteiger partial charge is 0.317 e. The molecular weight excluding hydrogens is 430 g/mol. The summed E-state index contributed by atoms with van der Waals surface area (Å²) in [7, 11) is -3.56. The Labute approximate surface area is 186 Å². The maximum absolute atomic E-state index is 13.0. The monoisotopic (exact) mass is 457 g/mol. The van der Waals surface area contributed by atoms with E-state index in [4.69, 9.17) is 0 Å². The summed E-state index contributed by atoms with van der Waals surface area (Å²) in [6.45, 7) is 7.26. The van der Waals surface area contributed by atoms with E-state index in [9.17, 15) is 13.2 Å². The molecule has 0 N–H and O–H groups in total. The van der Waals surface area contributed by atoms with Crippen molar-refractivity contribution in [2.24, 2.45) is 4.99 Å². The zero-order chi connectivity index (χ0) is 22.2. The smallest absolute Gasteiger partial charge is 0.279 e. The molecule has 1 aromatic heterocycles. The number of nitrogens with zero attached hydrogens (tertiary/aromatic N) is 3. The number of sulfonamides is 1. The van der Waals surface area contributed by atoms with E-state index in [-0.39, 0.29) is 16.8 Å². The van der Waals surface area contributed by atoms with Crippen molar-refractivity contribution in [3.05, 3.63) is 58.4 Å². The number of hydrogen-bond donors (Lipinski definition) is 0. The first-order chi connectivity index (χ1) is 14.8. The van der Waals surface area contributed by atoms with Gasteiger partial charge in [-0.05, 0) is 75.6 Å². The van der Waals surface area contributed by atoms with Crippen LogP contribution in [0.5, 0.6) is 0 Å². The summed E-state index contributed by atoms with van der Waals surface area (Å²) in [6.07, 6.45) is 2.81. The Balaban J connectivity index is 1.64. The fraction of sp³-hybridized carbons (Fsp3) is 0.391. The second kappa shape index (κ2) is 8.68. The second-order valence-electron chi connectivity index (χ2n) is 8.00. The van der Waals surface area contributed by atoms with Gasteiger partial charge in [0.15, 0.2) is 4.80 Å². The molecule has 1 saturated heterocycles. The first-order valence-electron chi connectivity index (χ1n) is 10.6. The van der Waals surface area contributed by atoms with Crippen LogP contribution in [0.2, 0.25) is 0 Å². The summed E-state index contributed by atoms with van der Waals surface area (Å²) in [5, 5.41) is 0. The molecule has 164 valence electrons. The molecule has 1 amide bonds. The van der Waals surface area contributed by atoms with Crippen LogP contribution in [-0.2, 0) is 16.6 Å². The van der Waals surface area contributed by atoms with Gasteiger partial charge in [0.1, 0.15) is 0 Å². The zero-order valence-electron chi connectivity index (χ0n) is 18.0. The minimum Gasteiger partial charge on any atom is -0.317 e. The van der Waals surface area contributed by atoms with Crippen LogP contribution in [0.1, 0.15) is 49.0 Å². The van der Waals surface area contributed by atoms with Gasteiger partial charge in [0.05, 0.1) is 15.1 Å². The number of carbonyl (C=O) groups excluding carboxylic acids is 1. The summed E-state index contributed by atoms with van der Waals surface area (Å²) in [4.78, 5) is 18.0. The highest BCUT2D eigenvalue weighted by Gasteiger charge is 2.30. The maximum Gasteiger partial charge on any atom is 0.279 e. The minimum absolute atomic E-state index is 0.00357. The zero-order valence-corrected chi connectivity index (χ0v) is 19.7. The molecule has 6 nitrogen and oxygen atoms in total. The van der Waals surface area contributed by atoms with Crippen molar-refractivity contribution < 1.29 is 13.2 Å². The van der Waals surface area contributed by atoms with Crippen molar-refractivity contribution in [2.45, 2.75) is 57.5 Å². The molecule has 0 aliphatic carbocycles. The van der Waals surface area contributed by atoms with Crippen LogP contribution >= 0.6 is 11.3 Å². The molecule has 0 spiro atoms. The van der Waals surface area contributed by atoms with Gasteiger partial charge in [0, 0.05) is 24.7 Å². The molecule has 1 aliphatic rings. The highest BCUT2D eigenvalue weighted by Crippen LogP contribution is 2.25. The van der Waals surface area contributed by atoms with Gasteiger partial charge in [0.2, 0.25) is 10.0 Å². The Morgan fingerprint density at radius 2 is 1.90 bits per heavy atom. The molecule has 2 aromatic carbocycles. The van der Waals surface area contributed by atoms with E-state index < -0.39 is 10.0 Å². The topological polar surface area (TPSA) is 71.7 Å². The molecule has 2 heterocycles. The molecule has 4 rings (SSSR count). The van der Waals surface area contributed by atoms with Gasteiger partial charge in [-0.25, -0.2) is 8.42 Å². The molecule has 0 radical (unpaired) electrons. The van der Waals surface area contributed by atoms with Crippen molar-refractivity contribution in [1.82, 2.24) is 8.87 Å². The Morgan fingerprint density at radius 3 is 2.58 bits per heavy atom. The Bertz CT molecular complexity index is 1290. The number of rotatable bonds is 4. The molecule has 3 aromatic rings. The van der Waals surface area contributed by atoms with Crippen molar-refractivity contribution in [1.29, 1.82) is 0 Å². The van der Waals surface area contributed by atoms with Crippen LogP contribution in [0.4, 0.5) is 0 Å². The number of thiazole rings is 1. The summed E-state index contributed by atoms with van der Waals surface area (Å²) >= 11 is 1.48. The van der Waals surface area contributed by atoms with Crippen LogP contribution in [0.15, 0.2) is 52.4 Å². The number of aromatic nitrogens is 1. The average Bonchev–Trinajstić information content (AvgIpc) is 3.09. The molecular formula is C23H27N3O3S2. The van der Waals surface area contributed by atoms with Crippen molar-refractivity contribution in [3.8, 4) is 0 Å². The molecule has 31 heavy (non-hydrogen) atoms. The fourth-order valence-corrected chi connectivity index (χ4v) is 6.95. The summed E-state index contributed by atoms with van der Waals surface area (Å²) in [5.41, 5.74) is 2.60. The van der Waals surface area contributed by atoms with E-state index in [0.717, 1.165) is 35.0 Å². The summed E-state index contributed by atoms with van der Waals surface area (Å²) in [5.74, 6) is -0.374. The van der Waals surface area contributed by atoms with Gasteiger partial charge in [-0.1, -0.05) is 23.8 Å². The van der Waals surface area contributed by atoms with Gasteiger partial charge in [-0.3, -0.25) is 4.79 Å². The number of benzene rings is 2. The van der Waals surface area contributed by atoms with Crippen molar-refractivity contribution >= 4 is 37.5 Å². The predicted molar refractivity (Wildman–Crippen MR) is 124 cm³/mol. The lowest BCUT2D eigenvalue weighted by Gasteiger charge is -2.32. The van der Waals surface area contributed by atoms with E-state index in [2.05, 4.69) is 23.2 Å². The lowest BCUT2D eigenvalue weighted by atomic mass is 10.1. The van der Waals surface area contributed by atoms with E-state index >= 15 is 0 Å². The SMILES string of the molecule is CCn1c(=NC(=O)c2ccc(S(=O)(=O)N3CCCC[C@@H]3C)cc2)sc2cc(C)ccc21. The highest BCUT2D eigenvalue weighted by molar-refractivity contribution is 7.89. The van der Waals surface area contributed by atoms with E-state index in [1.807, 2.05) is 25.3 Å². The van der Waals surface area contributed by atoms with Gasteiger partial charge in [-0.15, -0.1) is 0 Å². The minimum atomic E-state index is -3.56. The summed E-state index contributed by atoms with van der Waals surface area (Å²) in [6, 6.07) is 12.3. The third-order valence-electron chi connectivity index (χ3n) is 5.80. The first-order valence-corrected chi connectivity index (χ1v) is 12.9. The molecule has 1 fully saturated rings. The number of hydrogen-bond acceptors (Lipinski definition) is 4. The molecule has 1 aliphatic heterocycles. The third-order valence-corrected chi connectivity index (χ3v) is 8.87. The number of carbonyl (C=O) groups is 1. The van der Waals surface area contributed by atoms with Crippen LogP contribution in [0.25, 0.3) is 10.2 Å². The van der Waals surface area contributed by atoms with Crippen LogP contribution in [0, 0.1) is 6.92 Å². The highest BCUT2D eigenvalue weighted by atomic mass is 32.2. The van der Waals surface area contributed by atoms with E-state index in [1.165, 1.54) is 23.5 Å². The van der Waals surface area contributed by atoms with Crippen LogP contribution < -0.4 is 4.80 Å². The molecule has 8 heteroatoms. The normalized spacial score (nSPS) is 18.5. The molecule has 0 bridgehead atoms. The average molecular weight is 458 g/mol. The quantitative estimate of drug-likeness (QED) is 0.585. The number of aryl methyl sites for hydroxylation is 2. The number of piperidine rings is 1.